The lowest BCUT2D eigenvalue weighted by molar-refractivity contribution is -0.139. The normalized spacial score (nSPS) is 16.8. The molecule has 1 aromatic rings. The molecule has 2 nitrogen and oxygen atoms in total. The van der Waals surface area contributed by atoms with E-state index in [0.29, 0.717) is 5.69 Å². The molecule has 0 atom stereocenters. The molecule has 1 aliphatic rings. The molecule has 2 rings (SSSR count). The van der Waals surface area contributed by atoms with Crippen LogP contribution in [0.25, 0.3) is 0 Å². The predicted molar refractivity (Wildman–Crippen MR) is 61.6 cm³/mol. The van der Waals surface area contributed by atoms with Crippen molar-refractivity contribution in [3.05, 3.63) is 23.5 Å². The molecule has 0 amide bonds. The maximum atomic E-state index is 13.0. The van der Waals surface area contributed by atoms with Gasteiger partial charge in [0.05, 0.1) is 11.8 Å². The fraction of sp³-hybridized carbons (Fsp3) is 0.615. The van der Waals surface area contributed by atoms with Crippen LogP contribution in [-0.2, 0) is 11.6 Å². The van der Waals surface area contributed by atoms with E-state index in [2.05, 4.69) is 4.98 Å². The van der Waals surface area contributed by atoms with Crippen molar-refractivity contribution >= 4 is 0 Å². The van der Waals surface area contributed by atoms with Crippen LogP contribution in [0.2, 0.25) is 0 Å². The van der Waals surface area contributed by atoms with Crippen molar-refractivity contribution in [3.63, 3.8) is 0 Å². The lowest BCUT2D eigenvalue weighted by Gasteiger charge is -2.24. The number of rotatable bonds is 2. The van der Waals surface area contributed by atoms with Gasteiger partial charge >= 0.3 is 6.18 Å². The Balaban J connectivity index is 2.52. The van der Waals surface area contributed by atoms with Gasteiger partial charge < -0.3 is 4.74 Å². The van der Waals surface area contributed by atoms with Gasteiger partial charge in [-0.3, -0.25) is 4.98 Å². The lowest BCUT2D eigenvalue weighted by Crippen LogP contribution is -2.20. The predicted octanol–water partition coefficient (Wildman–Crippen LogP) is 3.94. The highest BCUT2D eigenvalue weighted by atomic mass is 19.4. The van der Waals surface area contributed by atoms with Crippen molar-refractivity contribution in [1.82, 2.24) is 4.98 Å². The van der Waals surface area contributed by atoms with Crippen molar-refractivity contribution in [2.75, 3.05) is 0 Å². The number of alkyl halides is 3. The van der Waals surface area contributed by atoms with Gasteiger partial charge in [-0.05, 0) is 18.9 Å². The highest BCUT2D eigenvalue weighted by Gasteiger charge is 2.39. The average molecular weight is 259 g/mol. The maximum absolute atomic E-state index is 13.0. The summed E-state index contributed by atoms with van der Waals surface area (Å²) >= 11 is 0. The third kappa shape index (κ3) is 2.76. The largest absolute Gasteiger partial charge is 0.488 e. The fourth-order valence-electron chi connectivity index (χ4n) is 1.68. The summed E-state index contributed by atoms with van der Waals surface area (Å²) in [6.45, 7) is 5.49. The molecular formula is C13H16F3NO. The van der Waals surface area contributed by atoms with Crippen LogP contribution < -0.4 is 4.74 Å². The Morgan fingerprint density at radius 3 is 2.28 bits per heavy atom. The van der Waals surface area contributed by atoms with Crippen LogP contribution in [0, 0.1) is 0 Å². The molecule has 0 bridgehead atoms. The van der Waals surface area contributed by atoms with Crippen molar-refractivity contribution in [3.8, 4) is 5.75 Å². The molecule has 1 aromatic heterocycles. The van der Waals surface area contributed by atoms with Crippen LogP contribution in [0.5, 0.6) is 5.75 Å². The molecule has 1 saturated carbocycles. The molecule has 1 fully saturated rings. The van der Waals surface area contributed by atoms with Gasteiger partial charge in [0, 0.05) is 11.6 Å². The summed E-state index contributed by atoms with van der Waals surface area (Å²) in [7, 11) is 0. The molecule has 0 aromatic carbocycles. The Kier molecular flexibility index (Phi) is 3.03. The minimum atomic E-state index is -4.41. The fourth-order valence-corrected chi connectivity index (χ4v) is 1.68. The van der Waals surface area contributed by atoms with Gasteiger partial charge in [-0.15, -0.1) is 0 Å². The summed E-state index contributed by atoms with van der Waals surface area (Å²) in [5.41, 5.74) is -0.843. The quantitative estimate of drug-likeness (QED) is 0.802. The van der Waals surface area contributed by atoms with E-state index in [1.807, 2.05) is 20.8 Å². The second-order valence-electron chi connectivity index (χ2n) is 5.60. The first-order valence-electron chi connectivity index (χ1n) is 5.93. The van der Waals surface area contributed by atoms with Crippen LogP contribution in [-0.4, -0.2) is 11.1 Å². The number of pyridine rings is 1. The molecule has 1 heterocycles. The second-order valence-corrected chi connectivity index (χ2v) is 5.60. The van der Waals surface area contributed by atoms with Crippen molar-refractivity contribution in [2.24, 2.45) is 0 Å². The summed E-state index contributed by atoms with van der Waals surface area (Å²) in [6, 6.07) is 0.979. The van der Waals surface area contributed by atoms with Gasteiger partial charge in [-0.2, -0.15) is 13.2 Å². The van der Waals surface area contributed by atoms with Crippen LogP contribution in [0.3, 0.4) is 0 Å². The van der Waals surface area contributed by atoms with E-state index >= 15 is 0 Å². The van der Waals surface area contributed by atoms with Gasteiger partial charge in [-0.25, -0.2) is 0 Å². The number of hydrogen-bond donors (Lipinski definition) is 0. The molecule has 5 heteroatoms. The minimum Gasteiger partial charge on any atom is -0.488 e. The number of aromatic nitrogens is 1. The number of nitrogens with zero attached hydrogens (tertiary/aromatic N) is 1. The Bertz CT molecular complexity index is 412. The van der Waals surface area contributed by atoms with Crippen molar-refractivity contribution in [1.29, 1.82) is 0 Å². The molecule has 1 aliphatic carbocycles. The summed E-state index contributed by atoms with van der Waals surface area (Å²) in [5.74, 6) is -0.0972. The topological polar surface area (TPSA) is 22.1 Å². The molecule has 0 aliphatic heterocycles. The molecule has 100 valence electrons. The average Bonchev–Trinajstić information content (AvgIpc) is 2.98. The number of ether oxygens (including phenoxy) is 1. The SMILES string of the molecule is CC(C)(C)c1nccc(C(F)(F)F)c1OC1CC1. The molecule has 0 unspecified atom stereocenters. The van der Waals surface area contributed by atoms with Gasteiger partial charge in [-0.1, -0.05) is 20.8 Å². The summed E-state index contributed by atoms with van der Waals surface area (Å²) in [6.07, 6.45) is -1.67. The van der Waals surface area contributed by atoms with Gasteiger partial charge in [0.15, 0.2) is 5.75 Å². The molecule has 0 N–H and O–H groups in total. The van der Waals surface area contributed by atoms with E-state index in [1.54, 1.807) is 0 Å². The van der Waals surface area contributed by atoms with Crippen LogP contribution in [0.4, 0.5) is 13.2 Å². The molecule has 0 radical (unpaired) electrons. The van der Waals surface area contributed by atoms with Crippen LogP contribution in [0.15, 0.2) is 12.3 Å². The molecule has 0 spiro atoms. The monoisotopic (exact) mass is 259 g/mol. The zero-order valence-corrected chi connectivity index (χ0v) is 10.6. The van der Waals surface area contributed by atoms with Gasteiger partial charge in [0.25, 0.3) is 0 Å². The zero-order valence-electron chi connectivity index (χ0n) is 10.6. The highest BCUT2D eigenvalue weighted by molar-refractivity contribution is 5.42. The summed E-state index contributed by atoms with van der Waals surface area (Å²) in [5, 5.41) is 0. The van der Waals surface area contributed by atoms with Crippen LogP contribution >= 0.6 is 0 Å². The van der Waals surface area contributed by atoms with Gasteiger partial charge in [0.1, 0.15) is 5.56 Å². The van der Waals surface area contributed by atoms with Gasteiger partial charge in [0.2, 0.25) is 0 Å². The van der Waals surface area contributed by atoms with Crippen molar-refractivity contribution in [2.45, 2.75) is 51.3 Å². The smallest absolute Gasteiger partial charge is 0.420 e. The third-order valence-corrected chi connectivity index (χ3v) is 2.73. The van der Waals surface area contributed by atoms with E-state index < -0.39 is 17.2 Å². The van der Waals surface area contributed by atoms with E-state index in [9.17, 15) is 13.2 Å². The highest BCUT2D eigenvalue weighted by Crippen LogP contribution is 2.43. The lowest BCUT2D eigenvalue weighted by atomic mass is 9.89. The summed E-state index contributed by atoms with van der Waals surface area (Å²) < 4.78 is 44.4. The Morgan fingerprint density at radius 1 is 1.22 bits per heavy atom. The zero-order chi connectivity index (χ0) is 13.6. The second kappa shape index (κ2) is 4.14. The first-order valence-corrected chi connectivity index (χ1v) is 5.93. The van der Waals surface area contributed by atoms with E-state index in [0.717, 1.165) is 18.9 Å². The van der Waals surface area contributed by atoms with E-state index in [4.69, 9.17) is 4.74 Å². The Labute approximate surface area is 104 Å². The Morgan fingerprint density at radius 2 is 1.83 bits per heavy atom. The number of hydrogen-bond acceptors (Lipinski definition) is 2. The van der Waals surface area contributed by atoms with Crippen molar-refractivity contribution < 1.29 is 17.9 Å². The van der Waals surface area contributed by atoms with Crippen LogP contribution in [0.1, 0.15) is 44.9 Å². The molecule has 18 heavy (non-hydrogen) atoms. The first kappa shape index (κ1) is 13.2. The first-order chi connectivity index (χ1) is 8.19. The minimum absolute atomic E-state index is 0.0867. The standard InChI is InChI=1S/C13H16F3NO/c1-12(2,3)11-10(18-8-4-5-8)9(6-7-17-11)13(14,15)16/h6-8H,4-5H2,1-3H3. The van der Waals surface area contributed by atoms with E-state index in [-0.39, 0.29) is 11.9 Å². The molecular weight excluding hydrogens is 243 g/mol. The Hall–Kier alpha value is -1.26. The number of halogens is 3. The van der Waals surface area contributed by atoms with E-state index in [1.165, 1.54) is 6.20 Å². The maximum Gasteiger partial charge on any atom is 0.420 e. The molecule has 0 saturated heterocycles. The third-order valence-electron chi connectivity index (χ3n) is 2.73. The summed E-state index contributed by atoms with van der Waals surface area (Å²) in [4.78, 5) is 4.08.